The first-order valence-corrected chi connectivity index (χ1v) is 9.17. The summed E-state index contributed by atoms with van der Waals surface area (Å²) in [6.07, 6.45) is -2.77. The van der Waals surface area contributed by atoms with E-state index >= 15 is 0 Å². The van der Waals surface area contributed by atoms with E-state index in [1.165, 1.54) is 26.5 Å². The molecule has 0 bridgehead atoms. The highest BCUT2D eigenvalue weighted by Gasteiger charge is 2.37. The number of thiazole rings is 1. The average Bonchev–Trinajstić information content (AvgIpc) is 3.19. The van der Waals surface area contributed by atoms with E-state index in [0.29, 0.717) is 21.0 Å². The monoisotopic (exact) mass is 432 g/mol. The number of rotatable bonds is 3. The minimum absolute atomic E-state index is 0.0439. The first kappa shape index (κ1) is 16.8. The molecule has 10 heteroatoms. The molecule has 0 atom stereocenters. The number of halogens is 4. The molecule has 0 radical (unpaired) electrons. The van der Waals surface area contributed by atoms with Crippen LogP contribution in [0.3, 0.4) is 0 Å². The molecule has 0 aromatic carbocycles. The van der Waals surface area contributed by atoms with Gasteiger partial charge in [0.15, 0.2) is 10.7 Å². The van der Waals surface area contributed by atoms with Crippen molar-refractivity contribution in [2.75, 3.05) is 0 Å². The van der Waals surface area contributed by atoms with Gasteiger partial charge in [-0.15, -0.1) is 11.3 Å². The van der Waals surface area contributed by atoms with Gasteiger partial charge in [0.05, 0.1) is 12.2 Å². The molecule has 0 spiro atoms. The molecule has 0 N–H and O–H groups in total. The molecule has 25 heavy (non-hydrogen) atoms. The molecule has 3 heterocycles. The van der Waals surface area contributed by atoms with Gasteiger partial charge in [0.1, 0.15) is 4.60 Å². The molecule has 4 rings (SSSR count). The summed E-state index contributed by atoms with van der Waals surface area (Å²) in [6, 6.07) is 2.45. The summed E-state index contributed by atoms with van der Waals surface area (Å²) in [5, 5.41) is 3.71. The fraction of sp³-hybridized carbons (Fsp3) is 0.400. The Morgan fingerprint density at radius 2 is 2.08 bits per heavy atom. The Labute approximate surface area is 152 Å². The van der Waals surface area contributed by atoms with Crippen molar-refractivity contribution in [3.8, 4) is 0 Å². The second-order valence-electron chi connectivity index (χ2n) is 6.04. The Morgan fingerprint density at radius 3 is 2.72 bits per heavy atom. The van der Waals surface area contributed by atoms with E-state index in [-0.39, 0.29) is 18.0 Å². The van der Waals surface area contributed by atoms with Crippen LogP contribution in [-0.2, 0) is 12.7 Å². The summed E-state index contributed by atoms with van der Waals surface area (Å²) in [4.78, 5) is 18.1. The number of aromatic nitrogens is 4. The molecule has 132 valence electrons. The lowest BCUT2D eigenvalue weighted by Gasteiger charge is -2.06. The lowest BCUT2D eigenvalue weighted by atomic mass is 10.2. The van der Waals surface area contributed by atoms with Crippen LogP contribution in [0.25, 0.3) is 4.96 Å². The van der Waals surface area contributed by atoms with E-state index in [1.807, 2.05) is 6.92 Å². The van der Waals surface area contributed by atoms with Crippen LogP contribution < -0.4 is 5.56 Å². The lowest BCUT2D eigenvalue weighted by molar-refractivity contribution is -0.141. The first-order chi connectivity index (χ1) is 11.7. The fourth-order valence-corrected chi connectivity index (χ4v) is 4.32. The molecule has 0 unspecified atom stereocenters. The van der Waals surface area contributed by atoms with E-state index in [9.17, 15) is 18.0 Å². The van der Waals surface area contributed by atoms with Crippen molar-refractivity contribution in [2.24, 2.45) is 0 Å². The van der Waals surface area contributed by atoms with Gasteiger partial charge >= 0.3 is 6.18 Å². The maximum absolute atomic E-state index is 13.0. The minimum atomic E-state index is -4.48. The van der Waals surface area contributed by atoms with Crippen molar-refractivity contribution in [3.63, 3.8) is 0 Å². The molecular formula is C15H12BrF3N4OS. The zero-order chi connectivity index (χ0) is 17.9. The van der Waals surface area contributed by atoms with E-state index in [2.05, 4.69) is 26.0 Å². The Hall–Kier alpha value is -1.68. The number of aryl methyl sites for hydroxylation is 1. The van der Waals surface area contributed by atoms with Crippen molar-refractivity contribution in [1.82, 2.24) is 19.2 Å². The molecule has 3 aromatic rings. The quantitative estimate of drug-likeness (QED) is 0.629. The smallest absolute Gasteiger partial charge is 0.269 e. The van der Waals surface area contributed by atoms with Crippen LogP contribution in [-0.4, -0.2) is 19.2 Å². The van der Waals surface area contributed by atoms with Gasteiger partial charge in [0.2, 0.25) is 0 Å². The van der Waals surface area contributed by atoms with Crippen LogP contribution in [0.15, 0.2) is 21.5 Å². The number of alkyl halides is 3. The third kappa shape index (κ3) is 3.01. The Balaban J connectivity index is 1.76. The van der Waals surface area contributed by atoms with Gasteiger partial charge in [0.25, 0.3) is 5.56 Å². The second-order valence-corrected chi connectivity index (χ2v) is 7.97. The maximum atomic E-state index is 13.0. The van der Waals surface area contributed by atoms with Crippen LogP contribution in [0.4, 0.5) is 13.2 Å². The second kappa shape index (κ2) is 5.66. The molecule has 1 aliphatic carbocycles. The van der Waals surface area contributed by atoms with Gasteiger partial charge in [-0.3, -0.25) is 9.48 Å². The minimum Gasteiger partial charge on any atom is -0.269 e. The molecule has 1 aliphatic rings. The Morgan fingerprint density at radius 1 is 1.36 bits per heavy atom. The molecule has 3 aromatic heterocycles. The van der Waals surface area contributed by atoms with E-state index in [4.69, 9.17) is 0 Å². The zero-order valence-electron chi connectivity index (χ0n) is 13.0. The van der Waals surface area contributed by atoms with E-state index in [0.717, 1.165) is 23.8 Å². The highest BCUT2D eigenvalue weighted by molar-refractivity contribution is 9.10. The topological polar surface area (TPSA) is 52.2 Å². The maximum Gasteiger partial charge on any atom is 0.435 e. The highest BCUT2D eigenvalue weighted by Crippen LogP contribution is 2.42. The molecule has 5 nitrogen and oxygen atoms in total. The van der Waals surface area contributed by atoms with Crippen molar-refractivity contribution < 1.29 is 13.2 Å². The van der Waals surface area contributed by atoms with Gasteiger partial charge in [0, 0.05) is 22.6 Å². The van der Waals surface area contributed by atoms with Gasteiger partial charge in [-0.1, -0.05) is 0 Å². The predicted molar refractivity (Wildman–Crippen MR) is 90.1 cm³/mol. The average molecular weight is 433 g/mol. The zero-order valence-corrected chi connectivity index (χ0v) is 15.4. The number of hydrogen-bond donors (Lipinski definition) is 0. The predicted octanol–water partition coefficient (Wildman–Crippen LogP) is 3.97. The van der Waals surface area contributed by atoms with Crippen molar-refractivity contribution >= 4 is 32.2 Å². The van der Waals surface area contributed by atoms with Crippen LogP contribution in [0, 0.1) is 6.92 Å². The fourth-order valence-electron chi connectivity index (χ4n) is 2.73. The molecule has 0 saturated heterocycles. The molecular weight excluding hydrogens is 421 g/mol. The van der Waals surface area contributed by atoms with Gasteiger partial charge in [-0.2, -0.15) is 18.3 Å². The summed E-state index contributed by atoms with van der Waals surface area (Å²) in [5.41, 5.74) is -0.218. The SMILES string of the molecule is Cc1sc2nc(Cn3nc(C(F)(F)F)cc3C3CC3)cc(=O)n2c1Br. The van der Waals surface area contributed by atoms with E-state index < -0.39 is 11.9 Å². The van der Waals surface area contributed by atoms with Gasteiger partial charge in [-0.25, -0.2) is 9.38 Å². The number of fused-ring (bicyclic) bond motifs is 1. The number of hydrogen-bond acceptors (Lipinski definition) is 4. The Bertz CT molecular complexity index is 1030. The summed E-state index contributed by atoms with van der Waals surface area (Å²) in [6.45, 7) is 1.90. The van der Waals surface area contributed by atoms with Gasteiger partial charge < -0.3 is 0 Å². The van der Waals surface area contributed by atoms with Crippen LogP contribution in [0.5, 0.6) is 0 Å². The third-order valence-corrected chi connectivity index (χ3v) is 6.25. The van der Waals surface area contributed by atoms with E-state index in [1.54, 1.807) is 0 Å². The lowest BCUT2D eigenvalue weighted by Crippen LogP contribution is -2.17. The molecule has 1 fully saturated rings. The third-order valence-electron chi connectivity index (χ3n) is 4.08. The summed E-state index contributed by atoms with van der Waals surface area (Å²) in [5.74, 6) is 0.103. The summed E-state index contributed by atoms with van der Waals surface area (Å²) in [7, 11) is 0. The first-order valence-electron chi connectivity index (χ1n) is 7.56. The molecule has 1 saturated carbocycles. The van der Waals surface area contributed by atoms with Crippen LogP contribution >= 0.6 is 27.3 Å². The summed E-state index contributed by atoms with van der Waals surface area (Å²) >= 11 is 4.69. The van der Waals surface area contributed by atoms with Crippen molar-refractivity contribution in [3.05, 3.63) is 49.0 Å². The summed E-state index contributed by atoms with van der Waals surface area (Å²) < 4.78 is 42.3. The van der Waals surface area contributed by atoms with Crippen molar-refractivity contribution in [2.45, 2.75) is 38.4 Å². The Kier molecular flexibility index (Phi) is 3.80. The molecule has 0 amide bonds. The highest BCUT2D eigenvalue weighted by atomic mass is 79.9. The van der Waals surface area contributed by atoms with Crippen LogP contribution in [0.2, 0.25) is 0 Å². The van der Waals surface area contributed by atoms with Crippen molar-refractivity contribution in [1.29, 1.82) is 0 Å². The molecule has 0 aliphatic heterocycles. The largest absolute Gasteiger partial charge is 0.435 e. The number of nitrogens with zero attached hydrogens (tertiary/aromatic N) is 4. The van der Waals surface area contributed by atoms with Crippen LogP contribution in [0.1, 0.15) is 40.7 Å². The standard InChI is InChI=1S/C15H12BrF3N4OS/c1-7-13(16)23-12(24)4-9(20-14(23)25-7)6-22-10(8-2-3-8)5-11(21-22)15(17,18)19/h4-5,8H,2-3,6H2,1H3. The van der Waals surface area contributed by atoms with Gasteiger partial charge in [-0.05, 0) is 41.8 Å². The normalized spacial score (nSPS) is 15.2.